The highest BCUT2D eigenvalue weighted by Gasteiger charge is 2.37. The number of methoxy groups -OCH3 is 1. The fourth-order valence-electron chi connectivity index (χ4n) is 3.19. The number of halogens is 1. The minimum atomic E-state index is -0.694. The zero-order chi connectivity index (χ0) is 21.7. The van der Waals surface area contributed by atoms with Gasteiger partial charge in [-0.2, -0.15) is 0 Å². The predicted molar refractivity (Wildman–Crippen MR) is 115 cm³/mol. The molecule has 3 rings (SSSR count). The maximum Gasteiger partial charge on any atom is 0.324 e. The number of hydrogen-bond donors (Lipinski definition) is 2. The van der Waals surface area contributed by atoms with Crippen LogP contribution in [0.2, 0.25) is 5.02 Å². The van der Waals surface area contributed by atoms with Crippen LogP contribution in [-0.2, 0) is 16.0 Å². The number of ether oxygens (including phenoxy) is 1. The van der Waals surface area contributed by atoms with Gasteiger partial charge in [-0.3, -0.25) is 14.5 Å². The Morgan fingerprint density at radius 1 is 1.20 bits per heavy atom. The van der Waals surface area contributed by atoms with Crippen molar-refractivity contribution < 1.29 is 19.1 Å². The van der Waals surface area contributed by atoms with Crippen molar-refractivity contribution in [3.63, 3.8) is 0 Å². The molecule has 1 aliphatic rings. The lowest BCUT2D eigenvalue weighted by molar-refractivity contribution is -0.127. The van der Waals surface area contributed by atoms with Gasteiger partial charge in [0.05, 0.1) is 7.11 Å². The number of benzene rings is 2. The van der Waals surface area contributed by atoms with Crippen molar-refractivity contribution in [2.45, 2.75) is 32.2 Å². The molecule has 0 bridgehead atoms. The third-order valence-corrected chi connectivity index (χ3v) is 5.41. The van der Waals surface area contributed by atoms with Crippen molar-refractivity contribution in [2.24, 2.45) is 0 Å². The summed E-state index contributed by atoms with van der Waals surface area (Å²) in [7, 11) is 1.60. The molecule has 0 aromatic heterocycles. The van der Waals surface area contributed by atoms with Gasteiger partial charge in [0, 0.05) is 23.7 Å². The number of aryl methyl sites for hydroxylation is 1. The lowest BCUT2D eigenvalue weighted by atomic mass is 10.1. The first-order valence-electron chi connectivity index (χ1n) is 9.68. The van der Waals surface area contributed by atoms with Gasteiger partial charge in [-0.1, -0.05) is 29.8 Å². The van der Waals surface area contributed by atoms with E-state index < -0.39 is 12.1 Å². The summed E-state index contributed by atoms with van der Waals surface area (Å²) in [4.78, 5) is 38.1. The number of amides is 4. The Morgan fingerprint density at radius 2 is 1.93 bits per heavy atom. The second-order valence-electron chi connectivity index (χ2n) is 7.14. The SMILES string of the molecule is COc1ccc(CCN2C(=O)NC(CCC(=O)Nc3ccc(C)c(Cl)c3)C2=O)cc1. The van der Waals surface area contributed by atoms with Crippen LogP contribution in [0.3, 0.4) is 0 Å². The van der Waals surface area contributed by atoms with Gasteiger partial charge in [-0.25, -0.2) is 4.79 Å². The van der Waals surface area contributed by atoms with Crippen LogP contribution in [0.25, 0.3) is 0 Å². The van der Waals surface area contributed by atoms with Crippen LogP contribution < -0.4 is 15.4 Å². The summed E-state index contributed by atoms with van der Waals surface area (Å²) < 4.78 is 5.12. The van der Waals surface area contributed by atoms with E-state index in [-0.39, 0.29) is 31.2 Å². The Kier molecular flexibility index (Phi) is 6.95. The number of anilines is 1. The molecule has 1 saturated heterocycles. The molecule has 1 unspecified atom stereocenters. The van der Waals surface area contributed by atoms with Gasteiger partial charge in [0.2, 0.25) is 5.91 Å². The van der Waals surface area contributed by atoms with Crippen LogP contribution >= 0.6 is 11.6 Å². The molecule has 8 heteroatoms. The molecule has 1 fully saturated rings. The van der Waals surface area contributed by atoms with E-state index in [0.717, 1.165) is 16.9 Å². The first-order valence-corrected chi connectivity index (χ1v) is 10.1. The second kappa shape index (κ2) is 9.63. The number of carbonyl (C=O) groups is 3. The molecule has 1 atom stereocenters. The molecule has 4 amide bonds. The highest BCUT2D eigenvalue weighted by atomic mass is 35.5. The fraction of sp³-hybridized carbons (Fsp3) is 0.318. The third-order valence-electron chi connectivity index (χ3n) is 5.01. The number of nitrogens with zero attached hydrogens (tertiary/aromatic N) is 1. The van der Waals surface area contributed by atoms with E-state index in [4.69, 9.17) is 16.3 Å². The zero-order valence-electron chi connectivity index (χ0n) is 16.9. The highest BCUT2D eigenvalue weighted by molar-refractivity contribution is 6.31. The van der Waals surface area contributed by atoms with Gasteiger partial charge in [-0.05, 0) is 55.2 Å². The van der Waals surface area contributed by atoms with Gasteiger partial charge < -0.3 is 15.4 Å². The fourth-order valence-corrected chi connectivity index (χ4v) is 3.37. The first-order chi connectivity index (χ1) is 14.4. The van der Waals surface area contributed by atoms with Crippen molar-refractivity contribution in [3.05, 3.63) is 58.6 Å². The van der Waals surface area contributed by atoms with Crippen molar-refractivity contribution in [1.29, 1.82) is 0 Å². The number of imide groups is 1. The maximum atomic E-state index is 12.6. The summed E-state index contributed by atoms with van der Waals surface area (Å²) in [5, 5.41) is 5.98. The van der Waals surface area contributed by atoms with Crippen LogP contribution in [0.1, 0.15) is 24.0 Å². The molecule has 1 aliphatic heterocycles. The summed E-state index contributed by atoms with van der Waals surface area (Å²) in [6.45, 7) is 2.16. The topological polar surface area (TPSA) is 87.7 Å². The van der Waals surface area contributed by atoms with E-state index in [2.05, 4.69) is 10.6 Å². The third kappa shape index (κ3) is 5.30. The normalized spacial score (nSPS) is 15.8. The molecule has 0 aliphatic carbocycles. The molecule has 30 heavy (non-hydrogen) atoms. The molecule has 2 aromatic carbocycles. The summed E-state index contributed by atoms with van der Waals surface area (Å²) in [6, 6.07) is 11.6. The molecule has 158 valence electrons. The van der Waals surface area contributed by atoms with Crippen LogP contribution in [-0.4, -0.2) is 42.4 Å². The largest absolute Gasteiger partial charge is 0.497 e. The minimum absolute atomic E-state index is 0.106. The van der Waals surface area contributed by atoms with E-state index in [0.29, 0.717) is 17.1 Å². The van der Waals surface area contributed by atoms with Gasteiger partial charge in [0.15, 0.2) is 0 Å². The van der Waals surface area contributed by atoms with Gasteiger partial charge in [-0.15, -0.1) is 0 Å². The van der Waals surface area contributed by atoms with Crippen LogP contribution in [0.15, 0.2) is 42.5 Å². The Labute approximate surface area is 180 Å². The first kappa shape index (κ1) is 21.6. The lowest BCUT2D eigenvalue weighted by Crippen LogP contribution is -2.33. The molecule has 1 heterocycles. The molecule has 2 N–H and O–H groups in total. The van der Waals surface area contributed by atoms with Crippen molar-refractivity contribution in [2.75, 3.05) is 19.0 Å². The zero-order valence-corrected chi connectivity index (χ0v) is 17.7. The summed E-state index contributed by atoms with van der Waals surface area (Å²) >= 11 is 6.06. The summed E-state index contributed by atoms with van der Waals surface area (Å²) in [5.41, 5.74) is 2.51. The second-order valence-corrected chi connectivity index (χ2v) is 7.55. The molecule has 2 aromatic rings. The van der Waals surface area contributed by atoms with Crippen LogP contribution in [0, 0.1) is 6.92 Å². The minimum Gasteiger partial charge on any atom is -0.497 e. The van der Waals surface area contributed by atoms with E-state index >= 15 is 0 Å². The molecular weight excluding hydrogens is 406 g/mol. The quantitative estimate of drug-likeness (QED) is 0.628. The van der Waals surface area contributed by atoms with E-state index in [1.165, 1.54) is 4.90 Å². The monoisotopic (exact) mass is 429 g/mol. The predicted octanol–water partition coefficient (Wildman–Crippen LogP) is 3.54. The van der Waals surface area contributed by atoms with E-state index in [9.17, 15) is 14.4 Å². The van der Waals surface area contributed by atoms with Crippen LogP contribution in [0.5, 0.6) is 5.75 Å². The average molecular weight is 430 g/mol. The van der Waals surface area contributed by atoms with Gasteiger partial charge in [0.1, 0.15) is 11.8 Å². The van der Waals surface area contributed by atoms with Crippen molar-refractivity contribution in [3.8, 4) is 5.75 Å². The standard InChI is InChI=1S/C22H24ClN3O4/c1-14-3-6-16(13-18(14)23)24-20(27)10-9-19-21(28)26(22(29)25-19)12-11-15-4-7-17(30-2)8-5-15/h3-8,13,19H,9-12H2,1-2H3,(H,24,27)(H,25,29). The van der Waals surface area contributed by atoms with Gasteiger partial charge in [0.25, 0.3) is 5.91 Å². The number of hydrogen-bond acceptors (Lipinski definition) is 4. The van der Waals surface area contributed by atoms with E-state index in [1.807, 2.05) is 37.3 Å². The van der Waals surface area contributed by atoms with E-state index in [1.54, 1.807) is 19.2 Å². The molecule has 7 nitrogen and oxygen atoms in total. The average Bonchev–Trinajstić information content (AvgIpc) is 3.01. The lowest BCUT2D eigenvalue weighted by Gasteiger charge is -2.13. The summed E-state index contributed by atoms with van der Waals surface area (Å²) in [6.07, 6.45) is 0.883. The highest BCUT2D eigenvalue weighted by Crippen LogP contribution is 2.20. The number of carbonyl (C=O) groups excluding carboxylic acids is 3. The smallest absolute Gasteiger partial charge is 0.324 e. The number of urea groups is 1. The van der Waals surface area contributed by atoms with Gasteiger partial charge >= 0.3 is 6.03 Å². The molecule has 0 spiro atoms. The molecule has 0 radical (unpaired) electrons. The molecular formula is C22H24ClN3O4. The van der Waals surface area contributed by atoms with Crippen LogP contribution in [0.4, 0.5) is 10.5 Å². The Morgan fingerprint density at radius 3 is 2.60 bits per heavy atom. The Balaban J connectivity index is 1.48. The Bertz CT molecular complexity index is 946. The number of nitrogens with one attached hydrogen (secondary N) is 2. The number of rotatable bonds is 8. The molecule has 0 saturated carbocycles. The maximum absolute atomic E-state index is 12.6. The summed E-state index contributed by atoms with van der Waals surface area (Å²) in [5.74, 6) is 0.202. The van der Waals surface area contributed by atoms with Crippen molar-refractivity contribution >= 4 is 35.1 Å². The van der Waals surface area contributed by atoms with Crippen molar-refractivity contribution in [1.82, 2.24) is 10.2 Å². The Hall–Kier alpha value is -3.06.